The molecule has 2 fully saturated rings. The maximum atomic E-state index is 11.8. The van der Waals surface area contributed by atoms with Crippen molar-refractivity contribution < 1.29 is 23.7 Å². The summed E-state index contributed by atoms with van der Waals surface area (Å²) in [6.45, 7) is 6.54. The van der Waals surface area contributed by atoms with Gasteiger partial charge in [0.1, 0.15) is 18.3 Å². The first-order chi connectivity index (χ1) is 13.0. The van der Waals surface area contributed by atoms with Crippen molar-refractivity contribution in [3.05, 3.63) is 35.9 Å². The third-order valence-corrected chi connectivity index (χ3v) is 5.20. The molecule has 1 aromatic carbocycles. The van der Waals surface area contributed by atoms with Gasteiger partial charge in [-0.05, 0) is 38.7 Å². The fourth-order valence-electron chi connectivity index (χ4n) is 3.88. The standard InChI is InChI=1S/C22H32O5/c1-4-5-12-17(24-15-16-10-7-6-8-11-16)20-21(27-22(2,3)26-20)18-13-9-14-19(23)25-18/h6-8,10-11,17-18,20-21H,4-5,9,12-15H2,1-3H3/t17-,18+,20+,21+/m0/s1. The molecule has 2 aliphatic heterocycles. The second kappa shape index (κ2) is 9.18. The summed E-state index contributed by atoms with van der Waals surface area (Å²) < 4.78 is 24.4. The van der Waals surface area contributed by atoms with Crippen LogP contribution in [0.3, 0.4) is 0 Å². The fraction of sp³-hybridized carbons (Fsp3) is 0.682. The molecular weight excluding hydrogens is 344 g/mol. The number of rotatable bonds is 8. The second-order valence-corrected chi connectivity index (χ2v) is 7.96. The van der Waals surface area contributed by atoms with Crippen molar-refractivity contribution in [2.24, 2.45) is 0 Å². The number of hydrogen-bond donors (Lipinski definition) is 0. The fourth-order valence-corrected chi connectivity index (χ4v) is 3.88. The molecule has 0 aromatic heterocycles. The largest absolute Gasteiger partial charge is 0.459 e. The Morgan fingerprint density at radius 3 is 2.70 bits per heavy atom. The number of ether oxygens (including phenoxy) is 4. The molecule has 27 heavy (non-hydrogen) atoms. The quantitative estimate of drug-likeness (QED) is 0.630. The highest BCUT2D eigenvalue weighted by Gasteiger charge is 2.50. The van der Waals surface area contributed by atoms with Gasteiger partial charge in [-0.1, -0.05) is 50.1 Å². The average Bonchev–Trinajstić information content (AvgIpc) is 2.98. The smallest absolute Gasteiger partial charge is 0.306 e. The Hall–Kier alpha value is -1.43. The zero-order valence-electron chi connectivity index (χ0n) is 16.7. The molecule has 0 radical (unpaired) electrons. The van der Waals surface area contributed by atoms with Crippen LogP contribution in [0.4, 0.5) is 0 Å². The summed E-state index contributed by atoms with van der Waals surface area (Å²) in [4.78, 5) is 11.8. The van der Waals surface area contributed by atoms with Gasteiger partial charge in [0, 0.05) is 6.42 Å². The molecule has 2 aliphatic rings. The van der Waals surface area contributed by atoms with E-state index in [1.807, 2.05) is 32.0 Å². The zero-order valence-corrected chi connectivity index (χ0v) is 16.7. The number of cyclic esters (lactones) is 1. The van der Waals surface area contributed by atoms with Gasteiger partial charge in [-0.2, -0.15) is 0 Å². The Balaban J connectivity index is 1.73. The predicted octanol–water partition coefficient (Wildman–Crippen LogP) is 4.38. The minimum absolute atomic E-state index is 0.0995. The maximum absolute atomic E-state index is 11.8. The molecule has 5 nitrogen and oxygen atoms in total. The Morgan fingerprint density at radius 2 is 2.00 bits per heavy atom. The van der Waals surface area contributed by atoms with Crippen LogP contribution in [0.5, 0.6) is 0 Å². The minimum atomic E-state index is -0.709. The van der Waals surface area contributed by atoms with E-state index in [-0.39, 0.29) is 30.4 Å². The van der Waals surface area contributed by atoms with Gasteiger partial charge in [-0.3, -0.25) is 4.79 Å². The molecule has 0 bridgehead atoms. The summed E-state index contributed by atoms with van der Waals surface area (Å²) in [5.41, 5.74) is 1.14. The first kappa shape index (κ1) is 20.3. The van der Waals surface area contributed by atoms with Crippen molar-refractivity contribution >= 4 is 5.97 Å². The van der Waals surface area contributed by atoms with Gasteiger partial charge in [0.25, 0.3) is 0 Å². The molecule has 0 spiro atoms. The second-order valence-electron chi connectivity index (χ2n) is 7.96. The first-order valence-electron chi connectivity index (χ1n) is 10.2. The van der Waals surface area contributed by atoms with Crippen LogP contribution in [-0.2, 0) is 30.3 Å². The topological polar surface area (TPSA) is 54.0 Å². The van der Waals surface area contributed by atoms with E-state index in [1.54, 1.807) is 0 Å². The lowest BCUT2D eigenvalue weighted by atomic mass is 9.95. The van der Waals surface area contributed by atoms with E-state index in [1.165, 1.54) is 0 Å². The Labute approximate surface area is 162 Å². The Kier molecular flexibility index (Phi) is 6.90. The minimum Gasteiger partial charge on any atom is -0.459 e. The lowest BCUT2D eigenvalue weighted by molar-refractivity contribution is -0.177. The van der Waals surface area contributed by atoms with Crippen LogP contribution in [0, 0.1) is 0 Å². The molecule has 0 N–H and O–H groups in total. The molecule has 0 saturated carbocycles. The highest BCUT2D eigenvalue weighted by atomic mass is 16.8. The molecule has 5 heteroatoms. The van der Waals surface area contributed by atoms with E-state index < -0.39 is 5.79 Å². The van der Waals surface area contributed by atoms with Gasteiger partial charge in [-0.15, -0.1) is 0 Å². The predicted molar refractivity (Wildman–Crippen MR) is 102 cm³/mol. The van der Waals surface area contributed by atoms with E-state index in [9.17, 15) is 4.79 Å². The number of hydrogen-bond acceptors (Lipinski definition) is 5. The monoisotopic (exact) mass is 376 g/mol. The van der Waals surface area contributed by atoms with Crippen molar-refractivity contribution in [1.29, 1.82) is 0 Å². The molecule has 0 amide bonds. The van der Waals surface area contributed by atoms with E-state index >= 15 is 0 Å². The van der Waals surface area contributed by atoms with E-state index in [2.05, 4.69) is 19.1 Å². The number of carbonyl (C=O) groups is 1. The molecule has 4 atom stereocenters. The summed E-state index contributed by atoms with van der Waals surface area (Å²) in [6, 6.07) is 10.2. The normalized spacial score (nSPS) is 28.7. The SMILES string of the molecule is CCCC[C@H](OCc1ccccc1)[C@H]1OC(C)(C)O[C@@H]1[C@H]1CCCC(=O)O1. The van der Waals surface area contributed by atoms with Crippen LogP contribution < -0.4 is 0 Å². The van der Waals surface area contributed by atoms with E-state index in [0.717, 1.165) is 37.7 Å². The molecule has 1 aromatic rings. The van der Waals surface area contributed by atoms with Crippen molar-refractivity contribution in [3.63, 3.8) is 0 Å². The summed E-state index contributed by atoms with van der Waals surface area (Å²) in [5.74, 6) is -0.853. The van der Waals surface area contributed by atoms with Crippen molar-refractivity contribution in [2.45, 2.75) is 96.1 Å². The summed E-state index contributed by atoms with van der Waals surface area (Å²) in [5, 5.41) is 0. The lowest BCUT2D eigenvalue weighted by Gasteiger charge is -2.32. The molecular formula is C22H32O5. The lowest BCUT2D eigenvalue weighted by Crippen LogP contribution is -2.46. The third-order valence-electron chi connectivity index (χ3n) is 5.20. The number of unbranched alkanes of at least 4 members (excludes halogenated alkanes) is 1. The Morgan fingerprint density at radius 1 is 1.22 bits per heavy atom. The summed E-state index contributed by atoms with van der Waals surface area (Å²) >= 11 is 0. The highest BCUT2D eigenvalue weighted by Crippen LogP contribution is 2.37. The first-order valence-corrected chi connectivity index (χ1v) is 10.2. The van der Waals surface area contributed by atoms with Gasteiger partial charge >= 0.3 is 5.97 Å². The molecule has 0 aliphatic carbocycles. The van der Waals surface area contributed by atoms with Gasteiger partial charge in [0.05, 0.1) is 12.7 Å². The van der Waals surface area contributed by atoms with Crippen molar-refractivity contribution in [3.8, 4) is 0 Å². The van der Waals surface area contributed by atoms with Crippen LogP contribution in [0.2, 0.25) is 0 Å². The summed E-state index contributed by atoms with van der Waals surface area (Å²) in [7, 11) is 0. The van der Waals surface area contributed by atoms with Crippen LogP contribution in [0.25, 0.3) is 0 Å². The highest BCUT2D eigenvalue weighted by molar-refractivity contribution is 5.70. The molecule has 2 saturated heterocycles. The molecule has 0 unspecified atom stereocenters. The van der Waals surface area contributed by atoms with Crippen LogP contribution in [0.15, 0.2) is 30.3 Å². The van der Waals surface area contributed by atoms with Crippen LogP contribution in [-0.4, -0.2) is 36.2 Å². The van der Waals surface area contributed by atoms with E-state index in [4.69, 9.17) is 18.9 Å². The van der Waals surface area contributed by atoms with Crippen LogP contribution >= 0.6 is 0 Å². The van der Waals surface area contributed by atoms with Gasteiger partial charge in [0.15, 0.2) is 5.79 Å². The van der Waals surface area contributed by atoms with Gasteiger partial charge in [-0.25, -0.2) is 0 Å². The Bertz CT molecular complexity index is 600. The number of esters is 1. The molecule has 2 heterocycles. The maximum Gasteiger partial charge on any atom is 0.306 e. The number of carbonyl (C=O) groups excluding carboxylic acids is 1. The zero-order chi connectivity index (χ0) is 19.3. The average molecular weight is 376 g/mol. The third kappa shape index (κ3) is 5.53. The molecule has 150 valence electrons. The van der Waals surface area contributed by atoms with Crippen molar-refractivity contribution in [1.82, 2.24) is 0 Å². The van der Waals surface area contributed by atoms with Crippen LogP contribution in [0.1, 0.15) is 64.9 Å². The van der Waals surface area contributed by atoms with Gasteiger partial charge in [0.2, 0.25) is 0 Å². The van der Waals surface area contributed by atoms with Gasteiger partial charge < -0.3 is 18.9 Å². The van der Waals surface area contributed by atoms with E-state index in [0.29, 0.717) is 13.0 Å². The molecule has 3 rings (SSSR count). The number of benzene rings is 1. The summed E-state index contributed by atoms with van der Waals surface area (Å²) in [6.07, 6.45) is 4.27. The van der Waals surface area contributed by atoms with Crippen molar-refractivity contribution in [2.75, 3.05) is 0 Å².